The number of allylic oxidation sites excluding steroid dienone is 2. The zero-order valence-corrected chi connectivity index (χ0v) is 20.3. The molecule has 0 bridgehead atoms. The number of ether oxygens (including phenoxy) is 1. The summed E-state index contributed by atoms with van der Waals surface area (Å²) >= 11 is 0. The second-order valence-electron chi connectivity index (χ2n) is 8.85. The quantitative estimate of drug-likeness (QED) is 0.292. The Morgan fingerprint density at radius 2 is 1.94 bits per heavy atom. The van der Waals surface area contributed by atoms with Gasteiger partial charge in [-0.05, 0) is 56.2 Å². The molecule has 1 aliphatic heterocycles. The highest BCUT2D eigenvalue weighted by molar-refractivity contribution is 5.86. The van der Waals surface area contributed by atoms with Crippen LogP contribution in [0.1, 0.15) is 44.1 Å². The van der Waals surface area contributed by atoms with E-state index in [2.05, 4.69) is 18.5 Å². The van der Waals surface area contributed by atoms with Gasteiger partial charge >= 0.3 is 5.97 Å². The topological polar surface area (TPSA) is 95.9 Å². The summed E-state index contributed by atoms with van der Waals surface area (Å²) in [6, 6.07) is 5.83. The molecule has 192 valence electrons. The number of aliphatic hydroxyl groups excluding tert-OH is 1. The highest BCUT2D eigenvalue weighted by Crippen LogP contribution is 2.24. The van der Waals surface area contributed by atoms with Crippen molar-refractivity contribution in [3.8, 4) is 0 Å². The Kier molecular flexibility index (Phi) is 12.2. The molecular formula is C27H37FN2O5. The van der Waals surface area contributed by atoms with E-state index in [9.17, 15) is 18.8 Å². The van der Waals surface area contributed by atoms with Gasteiger partial charge in [0.2, 0.25) is 11.8 Å². The molecule has 1 heterocycles. The van der Waals surface area contributed by atoms with E-state index in [0.717, 1.165) is 12.0 Å². The minimum Gasteiger partial charge on any atom is -0.463 e. The molecular weight excluding hydrogens is 451 g/mol. The van der Waals surface area contributed by atoms with Crippen molar-refractivity contribution in [3.63, 3.8) is 0 Å². The molecule has 0 spiro atoms. The number of hydrogen-bond acceptors (Lipinski definition) is 5. The Bertz CT molecular complexity index is 858. The summed E-state index contributed by atoms with van der Waals surface area (Å²) in [5.41, 5.74) is 0.849. The highest BCUT2D eigenvalue weighted by atomic mass is 19.1. The molecule has 1 fully saturated rings. The predicted octanol–water partition coefficient (Wildman–Crippen LogP) is 3.18. The van der Waals surface area contributed by atoms with E-state index in [4.69, 9.17) is 9.84 Å². The molecule has 8 heteroatoms. The van der Waals surface area contributed by atoms with Crippen molar-refractivity contribution in [2.75, 3.05) is 26.3 Å². The number of likely N-dealkylation sites (tertiary alicyclic amines) is 1. The summed E-state index contributed by atoms with van der Waals surface area (Å²) in [6.45, 7) is 8.04. The molecule has 2 rings (SSSR count). The number of rotatable bonds is 15. The summed E-state index contributed by atoms with van der Waals surface area (Å²) in [7, 11) is 0. The molecule has 7 nitrogen and oxygen atoms in total. The third-order valence-electron chi connectivity index (χ3n) is 6.19. The molecule has 1 saturated heterocycles. The van der Waals surface area contributed by atoms with Crippen LogP contribution in [0.15, 0.2) is 49.6 Å². The number of carbonyl (C=O) groups excluding carboxylic acids is 3. The number of hydrogen-bond donors (Lipinski definition) is 2. The van der Waals surface area contributed by atoms with Crippen LogP contribution in [0.25, 0.3) is 0 Å². The minimum absolute atomic E-state index is 0.00909. The van der Waals surface area contributed by atoms with E-state index in [1.54, 1.807) is 29.2 Å². The van der Waals surface area contributed by atoms with E-state index in [1.807, 2.05) is 0 Å². The van der Waals surface area contributed by atoms with Gasteiger partial charge in [-0.25, -0.2) is 4.39 Å². The van der Waals surface area contributed by atoms with Crippen LogP contribution in [0, 0.1) is 17.7 Å². The van der Waals surface area contributed by atoms with Crippen molar-refractivity contribution in [1.82, 2.24) is 10.2 Å². The van der Waals surface area contributed by atoms with E-state index in [1.165, 1.54) is 12.1 Å². The van der Waals surface area contributed by atoms with Crippen LogP contribution in [-0.2, 0) is 25.5 Å². The van der Waals surface area contributed by atoms with Crippen LogP contribution in [0.5, 0.6) is 0 Å². The van der Waals surface area contributed by atoms with Gasteiger partial charge in [0, 0.05) is 19.5 Å². The Hall–Kier alpha value is -3.00. The largest absolute Gasteiger partial charge is 0.463 e. The fourth-order valence-electron chi connectivity index (χ4n) is 4.32. The van der Waals surface area contributed by atoms with Crippen molar-refractivity contribution in [1.29, 1.82) is 0 Å². The summed E-state index contributed by atoms with van der Waals surface area (Å²) in [5.74, 6) is -2.08. The standard InChI is InChI=1S/C27H37FN2O5/c1-3-5-8-22(17-20-10-12-23(28)13-11-20)27(34)35-19-24-9-6-15-30(24)26(33)21(7-4-2)18-25(32)29-14-16-31/h3-4,10-13,21-22,24,31H,1-2,5-9,14-19H2,(H,29,32). The minimum atomic E-state index is -0.554. The van der Waals surface area contributed by atoms with Crippen molar-refractivity contribution in [2.45, 2.75) is 51.0 Å². The molecule has 35 heavy (non-hydrogen) atoms. The van der Waals surface area contributed by atoms with Crippen molar-refractivity contribution >= 4 is 17.8 Å². The normalized spacial score (nSPS) is 16.9. The van der Waals surface area contributed by atoms with Gasteiger partial charge in [-0.3, -0.25) is 14.4 Å². The lowest BCUT2D eigenvalue weighted by Crippen LogP contribution is -2.43. The summed E-state index contributed by atoms with van der Waals surface area (Å²) in [6.07, 6.45) is 6.89. The lowest BCUT2D eigenvalue weighted by molar-refractivity contribution is -0.152. The van der Waals surface area contributed by atoms with Crippen LogP contribution in [0.2, 0.25) is 0 Å². The Morgan fingerprint density at radius 1 is 1.20 bits per heavy atom. The van der Waals surface area contributed by atoms with Gasteiger partial charge in [0.05, 0.1) is 24.5 Å². The number of aliphatic hydroxyl groups is 1. The van der Waals surface area contributed by atoms with Gasteiger partial charge in [0.15, 0.2) is 0 Å². The predicted molar refractivity (Wildman–Crippen MR) is 132 cm³/mol. The van der Waals surface area contributed by atoms with E-state index in [0.29, 0.717) is 38.6 Å². The van der Waals surface area contributed by atoms with Gasteiger partial charge < -0.3 is 20.1 Å². The van der Waals surface area contributed by atoms with Crippen LogP contribution in [0.4, 0.5) is 4.39 Å². The van der Waals surface area contributed by atoms with Crippen LogP contribution < -0.4 is 5.32 Å². The number of esters is 1. The summed E-state index contributed by atoms with van der Waals surface area (Å²) in [5, 5.41) is 11.5. The first-order chi connectivity index (χ1) is 16.9. The molecule has 0 aromatic heterocycles. The van der Waals surface area contributed by atoms with Gasteiger partial charge in [0.1, 0.15) is 12.4 Å². The first-order valence-electron chi connectivity index (χ1n) is 12.2. The maximum atomic E-state index is 13.2. The number of amides is 2. The number of nitrogens with one attached hydrogen (secondary N) is 1. The third-order valence-corrected chi connectivity index (χ3v) is 6.19. The molecule has 2 amide bonds. The van der Waals surface area contributed by atoms with Crippen LogP contribution >= 0.6 is 0 Å². The Labute approximate surface area is 207 Å². The first-order valence-corrected chi connectivity index (χ1v) is 12.2. The molecule has 0 aliphatic carbocycles. The maximum Gasteiger partial charge on any atom is 0.309 e. The Balaban J connectivity index is 1.98. The Morgan fingerprint density at radius 3 is 2.60 bits per heavy atom. The number of nitrogens with zero attached hydrogens (tertiary/aromatic N) is 1. The van der Waals surface area contributed by atoms with Gasteiger partial charge in [0.25, 0.3) is 0 Å². The van der Waals surface area contributed by atoms with E-state index in [-0.39, 0.29) is 55.8 Å². The van der Waals surface area contributed by atoms with Crippen molar-refractivity contribution in [3.05, 3.63) is 61.0 Å². The second kappa shape index (κ2) is 15.1. The molecule has 1 aliphatic rings. The fraction of sp³-hybridized carbons (Fsp3) is 0.519. The van der Waals surface area contributed by atoms with Crippen molar-refractivity contribution in [2.24, 2.45) is 11.8 Å². The lowest BCUT2D eigenvalue weighted by Gasteiger charge is -2.28. The van der Waals surface area contributed by atoms with Gasteiger partial charge in [-0.1, -0.05) is 24.3 Å². The molecule has 0 radical (unpaired) electrons. The second-order valence-corrected chi connectivity index (χ2v) is 8.85. The van der Waals surface area contributed by atoms with E-state index >= 15 is 0 Å². The highest BCUT2D eigenvalue weighted by Gasteiger charge is 2.34. The lowest BCUT2D eigenvalue weighted by atomic mass is 9.95. The molecule has 3 unspecified atom stereocenters. The average molecular weight is 489 g/mol. The number of carbonyl (C=O) groups is 3. The smallest absolute Gasteiger partial charge is 0.309 e. The number of halogens is 1. The summed E-state index contributed by atoms with van der Waals surface area (Å²) < 4.78 is 18.9. The monoisotopic (exact) mass is 488 g/mol. The first kappa shape index (κ1) is 28.2. The third kappa shape index (κ3) is 9.28. The molecule has 1 aromatic rings. The maximum absolute atomic E-state index is 13.2. The SMILES string of the molecule is C=CCCC(Cc1ccc(F)cc1)C(=O)OCC1CCCN1C(=O)C(CC=C)CC(=O)NCCO. The van der Waals surface area contributed by atoms with Gasteiger partial charge in [-0.15, -0.1) is 13.2 Å². The fourth-order valence-corrected chi connectivity index (χ4v) is 4.32. The molecule has 3 atom stereocenters. The zero-order chi connectivity index (χ0) is 25.6. The van der Waals surface area contributed by atoms with Crippen LogP contribution in [-0.4, -0.2) is 60.1 Å². The van der Waals surface area contributed by atoms with Gasteiger partial charge in [-0.2, -0.15) is 0 Å². The van der Waals surface area contributed by atoms with Crippen LogP contribution in [0.3, 0.4) is 0 Å². The molecule has 0 saturated carbocycles. The van der Waals surface area contributed by atoms with Crippen molar-refractivity contribution < 1.29 is 28.6 Å². The average Bonchev–Trinajstić information content (AvgIpc) is 3.33. The molecule has 2 N–H and O–H groups in total. The summed E-state index contributed by atoms with van der Waals surface area (Å²) in [4.78, 5) is 39.9. The molecule has 1 aromatic carbocycles. The number of benzene rings is 1. The zero-order valence-electron chi connectivity index (χ0n) is 20.3. The van der Waals surface area contributed by atoms with E-state index < -0.39 is 11.8 Å².